The summed E-state index contributed by atoms with van der Waals surface area (Å²) in [7, 11) is 0. The predicted molar refractivity (Wildman–Crippen MR) is 138 cm³/mol. The number of thioether (sulfide) groups is 1. The molecular weight excluding hydrogens is 458 g/mol. The van der Waals surface area contributed by atoms with Gasteiger partial charge in [0.1, 0.15) is 4.32 Å². The Labute approximate surface area is 200 Å². The van der Waals surface area contributed by atoms with Gasteiger partial charge in [0.25, 0.3) is 5.91 Å². The van der Waals surface area contributed by atoms with Crippen molar-refractivity contribution >= 4 is 72.9 Å². The summed E-state index contributed by atoms with van der Waals surface area (Å²) in [6.07, 6.45) is 4.73. The first-order valence-corrected chi connectivity index (χ1v) is 12.5. The van der Waals surface area contributed by atoms with Crippen molar-refractivity contribution in [2.75, 3.05) is 11.9 Å². The second kappa shape index (κ2) is 10.4. The van der Waals surface area contributed by atoms with E-state index in [-0.39, 0.29) is 11.8 Å². The highest BCUT2D eigenvalue weighted by Crippen LogP contribution is 2.33. The highest BCUT2D eigenvalue weighted by Gasteiger charge is 2.31. The van der Waals surface area contributed by atoms with E-state index in [9.17, 15) is 9.59 Å². The second-order valence-electron chi connectivity index (χ2n) is 7.59. The van der Waals surface area contributed by atoms with Crippen LogP contribution in [0.3, 0.4) is 0 Å². The molecule has 0 spiro atoms. The third-order valence-corrected chi connectivity index (χ3v) is 7.40. The molecule has 0 bridgehead atoms. The zero-order valence-corrected chi connectivity index (χ0v) is 20.1. The Morgan fingerprint density at radius 3 is 2.69 bits per heavy atom. The molecular formula is C24H23N3O2S3. The highest BCUT2D eigenvalue weighted by molar-refractivity contribution is 8.26. The molecule has 1 aliphatic rings. The van der Waals surface area contributed by atoms with Crippen LogP contribution in [0.4, 0.5) is 5.13 Å². The number of fused-ring (bicyclic) bond motifs is 1. The Kier molecular flexibility index (Phi) is 7.34. The predicted octanol–water partition coefficient (Wildman–Crippen LogP) is 6.01. The summed E-state index contributed by atoms with van der Waals surface area (Å²) >= 11 is 8.24. The van der Waals surface area contributed by atoms with Crippen LogP contribution in [0.25, 0.3) is 16.3 Å². The van der Waals surface area contributed by atoms with Crippen LogP contribution in [-0.2, 0) is 9.59 Å². The zero-order chi connectivity index (χ0) is 22.5. The minimum atomic E-state index is -0.0332. The Morgan fingerprint density at radius 2 is 1.91 bits per heavy atom. The number of carbonyl (C=O) groups excluding carboxylic acids is 2. The molecule has 1 saturated heterocycles. The van der Waals surface area contributed by atoms with Gasteiger partial charge in [-0.2, -0.15) is 0 Å². The van der Waals surface area contributed by atoms with Crippen molar-refractivity contribution in [3.63, 3.8) is 0 Å². The van der Waals surface area contributed by atoms with E-state index in [1.54, 1.807) is 4.90 Å². The summed E-state index contributed by atoms with van der Waals surface area (Å²) < 4.78 is 1.66. The summed E-state index contributed by atoms with van der Waals surface area (Å²) in [6.45, 7) is 2.61. The van der Waals surface area contributed by atoms with Gasteiger partial charge in [-0.3, -0.25) is 14.5 Å². The Morgan fingerprint density at radius 1 is 1.12 bits per heavy atom. The lowest BCUT2D eigenvalue weighted by Gasteiger charge is -2.14. The van der Waals surface area contributed by atoms with E-state index in [4.69, 9.17) is 12.2 Å². The van der Waals surface area contributed by atoms with Crippen molar-refractivity contribution in [2.24, 2.45) is 0 Å². The molecule has 2 amide bonds. The number of nitrogens with one attached hydrogen (secondary N) is 1. The van der Waals surface area contributed by atoms with Crippen molar-refractivity contribution in [3.05, 3.63) is 64.6 Å². The molecule has 32 heavy (non-hydrogen) atoms. The number of thiazole rings is 1. The SMILES string of the molecule is Cc1ccc(/C=C2/SC(=S)N(CCCCCC(=O)Nc3nc4ccccc4s3)C2=O)cc1. The molecule has 3 aromatic rings. The average Bonchev–Trinajstić information content (AvgIpc) is 3.29. The summed E-state index contributed by atoms with van der Waals surface area (Å²) in [5.41, 5.74) is 3.08. The quantitative estimate of drug-likeness (QED) is 0.243. The molecule has 2 heterocycles. The number of benzene rings is 2. The van der Waals surface area contributed by atoms with Crippen molar-refractivity contribution in [3.8, 4) is 0 Å². The maximum Gasteiger partial charge on any atom is 0.266 e. The topological polar surface area (TPSA) is 62.3 Å². The molecule has 0 atom stereocenters. The number of amides is 2. The summed E-state index contributed by atoms with van der Waals surface area (Å²) in [5, 5.41) is 3.52. The minimum absolute atomic E-state index is 0.0318. The number of unbranched alkanes of at least 4 members (excludes halogenated alkanes) is 2. The number of rotatable bonds is 8. The van der Waals surface area contributed by atoms with E-state index in [0.717, 1.165) is 35.0 Å². The number of para-hydroxylation sites is 1. The third-order valence-electron chi connectivity index (χ3n) is 5.07. The average molecular weight is 482 g/mol. The molecule has 1 N–H and O–H groups in total. The van der Waals surface area contributed by atoms with Crippen LogP contribution in [-0.4, -0.2) is 32.6 Å². The van der Waals surface area contributed by atoms with Crippen molar-refractivity contribution < 1.29 is 9.59 Å². The largest absolute Gasteiger partial charge is 0.302 e. The van der Waals surface area contributed by atoms with E-state index in [1.165, 1.54) is 28.7 Å². The molecule has 1 aromatic heterocycles. The van der Waals surface area contributed by atoms with Crippen LogP contribution in [0.15, 0.2) is 53.4 Å². The van der Waals surface area contributed by atoms with E-state index in [1.807, 2.05) is 61.5 Å². The first-order chi connectivity index (χ1) is 15.5. The summed E-state index contributed by atoms with van der Waals surface area (Å²) in [6, 6.07) is 15.9. The van der Waals surface area contributed by atoms with Crippen LogP contribution < -0.4 is 5.32 Å². The molecule has 1 fully saturated rings. The summed E-state index contributed by atoms with van der Waals surface area (Å²) in [5.74, 6) is -0.0650. The van der Waals surface area contributed by atoms with Crippen LogP contribution in [0.2, 0.25) is 0 Å². The molecule has 0 aliphatic carbocycles. The van der Waals surface area contributed by atoms with Gasteiger partial charge in [-0.15, -0.1) is 0 Å². The first kappa shape index (κ1) is 22.6. The third kappa shape index (κ3) is 5.62. The fourth-order valence-corrected chi connectivity index (χ4v) is 5.54. The first-order valence-electron chi connectivity index (χ1n) is 10.5. The van der Waals surface area contributed by atoms with Crippen LogP contribution in [0.5, 0.6) is 0 Å². The minimum Gasteiger partial charge on any atom is -0.302 e. The monoisotopic (exact) mass is 481 g/mol. The lowest BCUT2D eigenvalue weighted by molar-refractivity contribution is -0.122. The maximum atomic E-state index is 12.7. The molecule has 0 saturated carbocycles. The molecule has 8 heteroatoms. The van der Waals surface area contributed by atoms with Gasteiger partial charge in [0.05, 0.1) is 15.1 Å². The van der Waals surface area contributed by atoms with Gasteiger partial charge in [0, 0.05) is 13.0 Å². The van der Waals surface area contributed by atoms with E-state index in [2.05, 4.69) is 10.3 Å². The fourth-order valence-electron chi connectivity index (χ4n) is 3.35. The Bertz CT molecular complexity index is 1150. The Balaban J connectivity index is 1.20. The Hall–Kier alpha value is -2.55. The van der Waals surface area contributed by atoms with Gasteiger partial charge in [0.2, 0.25) is 5.91 Å². The van der Waals surface area contributed by atoms with Crippen molar-refractivity contribution in [2.45, 2.75) is 32.6 Å². The number of carbonyl (C=O) groups is 2. The molecule has 4 rings (SSSR count). The molecule has 2 aromatic carbocycles. The summed E-state index contributed by atoms with van der Waals surface area (Å²) in [4.78, 5) is 31.7. The van der Waals surface area contributed by atoms with Crippen LogP contribution >= 0.6 is 35.3 Å². The van der Waals surface area contributed by atoms with Gasteiger partial charge >= 0.3 is 0 Å². The van der Waals surface area contributed by atoms with Crippen molar-refractivity contribution in [1.29, 1.82) is 0 Å². The van der Waals surface area contributed by atoms with Gasteiger partial charge in [-0.25, -0.2) is 4.98 Å². The zero-order valence-electron chi connectivity index (χ0n) is 17.7. The lowest BCUT2D eigenvalue weighted by atomic mass is 10.1. The number of anilines is 1. The van der Waals surface area contributed by atoms with Gasteiger partial charge < -0.3 is 5.32 Å². The van der Waals surface area contributed by atoms with Gasteiger partial charge in [-0.05, 0) is 43.5 Å². The maximum absolute atomic E-state index is 12.7. The van der Waals surface area contributed by atoms with Gasteiger partial charge in [-0.1, -0.05) is 83.7 Å². The normalized spacial score (nSPS) is 15.2. The molecule has 0 unspecified atom stereocenters. The number of aryl methyl sites for hydroxylation is 1. The number of hydrogen-bond acceptors (Lipinski definition) is 6. The van der Waals surface area contributed by atoms with E-state index < -0.39 is 0 Å². The van der Waals surface area contributed by atoms with Crippen molar-refractivity contribution in [1.82, 2.24) is 9.88 Å². The van der Waals surface area contributed by atoms with E-state index in [0.29, 0.717) is 27.3 Å². The number of thiocarbonyl (C=S) groups is 1. The van der Waals surface area contributed by atoms with Gasteiger partial charge in [0.15, 0.2) is 5.13 Å². The second-order valence-corrected chi connectivity index (χ2v) is 10.3. The van der Waals surface area contributed by atoms with Crippen LogP contribution in [0.1, 0.15) is 36.8 Å². The smallest absolute Gasteiger partial charge is 0.266 e. The highest BCUT2D eigenvalue weighted by atomic mass is 32.2. The standard InChI is InChI=1S/C24H23N3O2S3/c1-16-10-12-17(13-11-16)15-20-22(29)27(24(30)32-20)14-6-2-3-9-21(28)26-23-25-18-7-4-5-8-19(18)31-23/h4-5,7-8,10-13,15H,2-3,6,9,14H2,1H3,(H,25,26,28)/b20-15+. The fraction of sp³-hybridized carbons (Fsp3) is 0.250. The number of nitrogens with zero attached hydrogens (tertiary/aromatic N) is 2. The number of hydrogen-bond donors (Lipinski definition) is 1. The molecule has 164 valence electrons. The lowest BCUT2D eigenvalue weighted by Crippen LogP contribution is -2.29. The number of aromatic nitrogens is 1. The van der Waals surface area contributed by atoms with Crippen LogP contribution in [0, 0.1) is 6.92 Å². The molecule has 0 radical (unpaired) electrons. The van der Waals surface area contributed by atoms with E-state index >= 15 is 0 Å². The molecule has 5 nitrogen and oxygen atoms in total. The molecule has 1 aliphatic heterocycles.